The van der Waals surface area contributed by atoms with E-state index in [1.54, 1.807) is 35.3 Å². The van der Waals surface area contributed by atoms with Crippen LogP contribution in [0.4, 0.5) is 11.5 Å². The monoisotopic (exact) mass is 364 g/mol. The molecule has 0 aliphatic rings. The zero-order chi connectivity index (χ0) is 16.8. The lowest BCUT2D eigenvalue weighted by atomic mass is 10.2. The van der Waals surface area contributed by atoms with E-state index in [2.05, 4.69) is 37.4 Å². The third-order valence-corrected chi connectivity index (χ3v) is 5.87. The fourth-order valence-corrected chi connectivity index (χ4v) is 4.46. The summed E-state index contributed by atoms with van der Waals surface area (Å²) < 4.78 is 3.17. The molecule has 4 aromatic heterocycles. The molecule has 0 radical (unpaired) electrons. The molecule has 0 aliphatic heterocycles. The third-order valence-electron chi connectivity index (χ3n) is 3.99. The summed E-state index contributed by atoms with van der Waals surface area (Å²) in [5.74, 6) is 0.796. The van der Waals surface area contributed by atoms with Crippen LogP contribution in [-0.4, -0.2) is 24.5 Å². The summed E-state index contributed by atoms with van der Waals surface area (Å²) >= 11 is 3.27. The Labute approximate surface area is 150 Å². The second kappa shape index (κ2) is 5.61. The molecular formula is C17H12N6S2. The summed E-state index contributed by atoms with van der Waals surface area (Å²) in [5, 5.41) is 4.40. The maximum atomic E-state index is 4.43. The van der Waals surface area contributed by atoms with Crippen molar-refractivity contribution in [1.82, 2.24) is 24.5 Å². The number of thiazole rings is 1. The molecular weight excluding hydrogens is 352 g/mol. The Bertz CT molecular complexity index is 1200. The second-order valence-electron chi connectivity index (χ2n) is 5.60. The molecule has 8 heteroatoms. The van der Waals surface area contributed by atoms with Crippen molar-refractivity contribution in [3.63, 3.8) is 0 Å². The van der Waals surface area contributed by atoms with Gasteiger partial charge in [0.1, 0.15) is 17.0 Å². The molecule has 1 N–H and O–H groups in total. The molecule has 6 nitrogen and oxygen atoms in total. The van der Waals surface area contributed by atoms with Crippen molar-refractivity contribution < 1.29 is 0 Å². The van der Waals surface area contributed by atoms with Crippen molar-refractivity contribution in [1.29, 1.82) is 0 Å². The fraction of sp³-hybridized carbons (Fsp3) is 0.0588. The Kier molecular flexibility index (Phi) is 3.25. The predicted octanol–water partition coefficient (Wildman–Crippen LogP) is 4.45. The molecule has 5 rings (SSSR count). The zero-order valence-electron chi connectivity index (χ0n) is 13.2. The molecule has 0 fully saturated rings. The Morgan fingerprint density at radius 2 is 2.08 bits per heavy atom. The number of anilines is 2. The van der Waals surface area contributed by atoms with E-state index in [0.29, 0.717) is 0 Å². The Morgan fingerprint density at radius 3 is 2.96 bits per heavy atom. The molecule has 122 valence electrons. The number of imidazole rings is 1. The van der Waals surface area contributed by atoms with Crippen LogP contribution in [0.2, 0.25) is 0 Å². The molecule has 0 saturated heterocycles. The summed E-state index contributed by atoms with van der Waals surface area (Å²) in [4.78, 5) is 19.5. The lowest BCUT2D eigenvalue weighted by molar-refractivity contribution is 0.923. The van der Waals surface area contributed by atoms with Gasteiger partial charge in [-0.2, -0.15) is 0 Å². The molecule has 4 heterocycles. The van der Waals surface area contributed by atoms with Crippen LogP contribution in [0.25, 0.3) is 31.0 Å². The van der Waals surface area contributed by atoms with Crippen LogP contribution in [0, 0.1) is 0 Å². The van der Waals surface area contributed by atoms with Gasteiger partial charge in [-0.15, -0.1) is 22.7 Å². The number of aryl methyl sites for hydroxylation is 1. The molecule has 0 saturated carbocycles. The van der Waals surface area contributed by atoms with Gasteiger partial charge in [0.15, 0.2) is 0 Å². The topological polar surface area (TPSA) is 68.5 Å². The number of thiophene rings is 1. The molecule has 0 aliphatic carbocycles. The van der Waals surface area contributed by atoms with Crippen LogP contribution in [0.5, 0.6) is 0 Å². The van der Waals surface area contributed by atoms with Gasteiger partial charge in [-0.1, -0.05) is 0 Å². The fourth-order valence-electron chi connectivity index (χ4n) is 2.75. The molecule has 5 aromatic rings. The van der Waals surface area contributed by atoms with Crippen molar-refractivity contribution in [2.45, 2.75) is 0 Å². The van der Waals surface area contributed by atoms with Gasteiger partial charge < -0.3 is 9.88 Å². The predicted molar refractivity (Wildman–Crippen MR) is 103 cm³/mol. The highest BCUT2D eigenvalue weighted by Gasteiger charge is 2.12. The Balaban J connectivity index is 1.58. The highest BCUT2D eigenvalue weighted by Crippen LogP contribution is 2.35. The number of rotatable bonds is 3. The minimum atomic E-state index is 0.796. The van der Waals surface area contributed by atoms with E-state index in [-0.39, 0.29) is 0 Å². The van der Waals surface area contributed by atoms with Crippen molar-refractivity contribution in [2.24, 2.45) is 7.05 Å². The van der Waals surface area contributed by atoms with E-state index >= 15 is 0 Å². The molecule has 0 unspecified atom stereocenters. The van der Waals surface area contributed by atoms with Gasteiger partial charge in [0.25, 0.3) is 0 Å². The molecule has 0 atom stereocenters. The maximum absolute atomic E-state index is 4.43. The first kappa shape index (κ1) is 14.5. The Hall–Kier alpha value is -2.84. The van der Waals surface area contributed by atoms with E-state index in [1.165, 1.54) is 4.70 Å². The van der Waals surface area contributed by atoms with Gasteiger partial charge in [0.2, 0.25) is 0 Å². The number of nitrogens with zero attached hydrogens (tertiary/aromatic N) is 5. The summed E-state index contributed by atoms with van der Waals surface area (Å²) in [6, 6.07) is 8.26. The smallest absolute Gasteiger partial charge is 0.142 e. The van der Waals surface area contributed by atoms with Gasteiger partial charge in [0.05, 0.1) is 44.2 Å². The SMILES string of the molecule is Cn1cncc1-c1cc2c(Nc3ccc4scnc4c3)ncnc2s1. The molecule has 0 spiro atoms. The number of hydrogen-bond donors (Lipinski definition) is 1. The van der Waals surface area contributed by atoms with E-state index in [0.717, 1.165) is 37.8 Å². The highest BCUT2D eigenvalue weighted by atomic mass is 32.1. The van der Waals surface area contributed by atoms with Crippen LogP contribution in [0.3, 0.4) is 0 Å². The standard InChI is InChI=1S/C17H12N6S2/c1-23-8-18-6-13(23)15-5-11-16(19-7-20-17(11)25-15)22-10-2-3-14-12(4-10)21-9-24-14/h2-9H,1H3,(H,19,20,22). The van der Waals surface area contributed by atoms with E-state index < -0.39 is 0 Å². The largest absolute Gasteiger partial charge is 0.340 e. The summed E-state index contributed by atoms with van der Waals surface area (Å²) in [6.45, 7) is 0. The first-order chi connectivity index (χ1) is 12.3. The quantitative estimate of drug-likeness (QED) is 0.512. The lowest BCUT2D eigenvalue weighted by Gasteiger charge is -2.06. The minimum Gasteiger partial charge on any atom is -0.340 e. The highest BCUT2D eigenvalue weighted by molar-refractivity contribution is 7.21. The van der Waals surface area contributed by atoms with Crippen LogP contribution in [0.15, 0.2) is 48.6 Å². The van der Waals surface area contributed by atoms with Gasteiger partial charge in [0, 0.05) is 12.7 Å². The average molecular weight is 364 g/mol. The maximum Gasteiger partial charge on any atom is 0.142 e. The average Bonchev–Trinajstić information content (AvgIpc) is 3.32. The van der Waals surface area contributed by atoms with Crippen molar-refractivity contribution >= 4 is 54.6 Å². The van der Waals surface area contributed by atoms with Gasteiger partial charge in [-0.25, -0.2) is 19.9 Å². The molecule has 0 bridgehead atoms. The second-order valence-corrected chi connectivity index (χ2v) is 7.52. The van der Waals surface area contributed by atoms with Crippen LogP contribution < -0.4 is 5.32 Å². The summed E-state index contributed by atoms with van der Waals surface area (Å²) in [6.07, 6.45) is 5.25. The number of aromatic nitrogens is 5. The first-order valence-corrected chi connectivity index (χ1v) is 9.29. The van der Waals surface area contributed by atoms with Gasteiger partial charge in [-0.3, -0.25) is 0 Å². The van der Waals surface area contributed by atoms with Crippen LogP contribution in [0.1, 0.15) is 0 Å². The van der Waals surface area contributed by atoms with Crippen LogP contribution in [-0.2, 0) is 7.05 Å². The van der Waals surface area contributed by atoms with Crippen LogP contribution >= 0.6 is 22.7 Å². The normalized spacial score (nSPS) is 11.4. The van der Waals surface area contributed by atoms with Crippen molar-refractivity contribution in [3.05, 3.63) is 48.6 Å². The number of fused-ring (bicyclic) bond motifs is 2. The van der Waals surface area contributed by atoms with Gasteiger partial charge in [-0.05, 0) is 24.3 Å². The number of benzene rings is 1. The van der Waals surface area contributed by atoms with Crippen molar-refractivity contribution in [3.8, 4) is 10.6 Å². The number of nitrogens with one attached hydrogen (secondary N) is 1. The van der Waals surface area contributed by atoms with E-state index in [1.807, 2.05) is 35.5 Å². The molecule has 25 heavy (non-hydrogen) atoms. The lowest BCUT2D eigenvalue weighted by Crippen LogP contribution is -1.94. The molecule has 1 aromatic carbocycles. The zero-order valence-corrected chi connectivity index (χ0v) is 14.8. The summed E-state index contributed by atoms with van der Waals surface area (Å²) in [5.41, 5.74) is 4.88. The minimum absolute atomic E-state index is 0.796. The third kappa shape index (κ3) is 2.46. The Morgan fingerprint density at radius 1 is 1.12 bits per heavy atom. The van der Waals surface area contributed by atoms with Gasteiger partial charge >= 0.3 is 0 Å². The number of hydrogen-bond acceptors (Lipinski definition) is 7. The van der Waals surface area contributed by atoms with E-state index in [4.69, 9.17) is 0 Å². The molecule has 0 amide bonds. The first-order valence-electron chi connectivity index (χ1n) is 7.59. The van der Waals surface area contributed by atoms with Crippen molar-refractivity contribution in [2.75, 3.05) is 5.32 Å². The summed E-state index contributed by atoms with van der Waals surface area (Å²) in [7, 11) is 1.99. The van der Waals surface area contributed by atoms with E-state index in [9.17, 15) is 0 Å².